The van der Waals surface area contributed by atoms with Gasteiger partial charge in [-0.25, -0.2) is 18.2 Å². The molecule has 0 spiro atoms. The third-order valence-corrected chi connectivity index (χ3v) is 8.21. The highest BCUT2D eigenvalue weighted by molar-refractivity contribution is 7.92. The summed E-state index contributed by atoms with van der Waals surface area (Å²) in [5.74, 6) is -1.32. The van der Waals surface area contributed by atoms with Gasteiger partial charge in [0.2, 0.25) is 0 Å². The van der Waals surface area contributed by atoms with Crippen molar-refractivity contribution in [2.75, 3.05) is 22.8 Å². The first kappa shape index (κ1) is 25.0. The number of aromatic nitrogens is 1. The predicted octanol–water partition coefficient (Wildman–Crippen LogP) is 4.63. The summed E-state index contributed by atoms with van der Waals surface area (Å²) in [6, 6.07) is 12.8. The van der Waals surface area contributed by atoms with Gasteiger partial charge in [-0.05, 0) is 61.2 Å². The lowest BCUT2D eigenvalue weighted by Crippen LogP contribution is -2.35. The van der Waals surface area contributed by atoms with Crippen LogP contribution >= 0.6 is 23.2 Å². The Bertz CT molecular complexity index is 1390. The second kappa shape index (κ2) is 10.2. The smallest absolute Gasteiger partial charge is 0.338 e. The Morgan fingerprint density at radius 1 is 1.11 bits per heavy atom. The van der Waals surface area contributed by atoms with Crippen LogP contribution in [-0.2, 0) is 26.0 Å². The monoisotopic (exact) mass is 533 g/mol. The number of ether oxygens (including phenoxy) is 1. The average Bonchev–Trinajstić information content (AvgIpc) is 2.87. The molecule has 182 valence electrons. The predicted molar refractivity (Wildman–Crippen MR) is 134 cm³/mol. The normalized spacial score (nSPS) is 13.2. The zero-order chi connectivity index (χ0) is 25.2. The molecule has 1 amide bonds. The van der Waals surface area contributed by atoms with Crippen LogP contribution in [0.15, 0.2) is 59.6 Å². The van der Waals surface area contributed by atoms with Gasteiger partial charge in [-0.15, -0.1) is 0 Å². The molecule has 4 rings (SSSR count). The molecule has 0 fully saturated rings. The Balaban J connectivity index is 1.40. The van der Waals surface area contributed by atoms with E-state index in [1.165, 1.54) is 34.8 Å². The lowest BCUT2D eigenvalue weighted by atomic mass is 10.0. The number of fused-ring (bicyclic) bond motifs is 1. The van der Waals surface area contributed by atoms with Crippen LogP contribution in [0.1, 0.15) is 27.9 Å². The quantitative estimate of drug-likeness (QED) is 0.463. The molecule has 1 N–H and O–H groups in total. The topological polar surface area (TPSA) is 106 Å². The maximum Gasteiger partial charge on any atom is 0.338 e. The third-order valence-electron chi connectivity index (χ3n) is 5.54. The lowest BCUT2D eigenvalue weighted by Gasteiger charge is -2.30. The van der Waals surface area contributed by atoms with Gasteiger partial charge in [0.15, 0.2) is 12.4 Å². The number of carbonyl (C=O) groups excluding carboxylic acids is 2. The molecule has 1 aromatic heterocycles. The summed E-state index contributed by atoms with van der Waals surface area (Å²) in [5.41, 5.74) is 2.30. The van der Waals surface area contributed by atoms with Crippen molar-refractivity contribution in [1.29, 1.82) is 0 Å². The van der Waals surface area contributed by atoms with Crippen molar-refractivity contribution in [3.8, 4) is 0 Å². The first-order chi connectivity index (χ1) is 16.7. The Morgan fingerprint density at radius 2 is 1.83 bits per heavy atom. The van der Waals surface area contributed by atoms with Gasteiger partial charge >= 0.3 is 5.97 Å². The molecule has 0 radical (unpaired) electrons. The van der Waals surface area contributed by atoms with Gasteiger partial charge in [-0.2, -0.15) is 0 Å². The van der Waals surface area contributed by atoms with E-state index >= 15 is 0 Å². The van der Waals surface area contributed by atoms with Crippen molar-refractivity contribution < 1.29 is 22.7 Å². The van der Waals surface area contributed by atoms with Crippen molar-refractivity contribution in [2.24, 2.45) is 0 Å². The number of halogens is 2. The number of amides is 1. The number of benzene rings is 2. The highest BCUT2D eigenvalue weighted by Gasteiger charge is 2.29. The highest BCUT2D eigenvalue weighted by atomic mass is 35.5. The summed E-state index contributed by atoms with van der Waals surface area (Å²) >= 11 is 12.0. The van der Waals surface area contributed by atoms with Gasteiger partial charge in [0.05, 0.1) is 26.2 Å². The van der Waals surface area contributed by atoms with Crippen LogP contribution in [-0.4, -0.2) is 38.4 Å². The minimum atomic E-state index is -3.80. The molecule has 1 aliphatic rings. The lowest BCUT2D eigenvalue weighted by molar-refractivity contribution is -0.119. The number of esters is 1. The first-order valence-corrected chi connectivity index (χ1v) is 12.9. The number of nitrogens with zero attached hydrogens (tertiary/aromatic N) is 2. The number of aryl methyl sites for hydroxylation is 1. The largest absolute Gasteiger partial charge is 0.452 e. The number of carbonyl (C=O) groups is 2. The van der Waals surface area contributed by atoms with Crippen LogP contribution < -0.4 is 9.62 Å². The summed E-state index contributed by atoms with van der Waals surface area (Å²) in [7, 11) is -3.80. The van der Waals surface area contributed by atoms with Gasteiger partial charge in [-0.1, -0.05) is 41.4 Å². The molecule has 3 aromatic rings. The zero-order valence-electron chi connectivity index (χ0n) is 18.6. The molecular weight excluding hydrogens is 513 g/mol. The fourth-order valence-corrected chi connectivity index (χ4v) is 5.60. The Hall–Kier alpha value is -3.14. The highest BCUT2D eigenvalue weighted by Crippen LogP contribution is 2.32. The molecule has 2 aromatic carbocycles. The van der Waals surface area contributed by atoms with E-state index in [-0.39, 0.29) is 21.3 Å². The number of nitrogens with one attached hydrogen (secondary N) is 1. The number of hydrogen-bond donors (Lipinski definition) is 1. The molecule has 1 aliphatic heterocycles. The number of para-hydroxylation sites is 1. The summed E-state index contributed by atoms with van der Waals surface area (Å²) < 4.78 is 32.9. The fraction of sp³-hybridized carbons (Fsp3) is 0.208. The zero-order valence-corrected chi connectivity index (χ0v) is 21.0. The molecule has 0 bridgehead atoms. The molecule has 2 heterocycles. The maximum absolute atomic E-state index is 13.2. The fourth-order valence-electron chi connectivity index (χ4n) is 3.67. The van der Waals surface area contributed by atoms with Crippen LogP contribution in [0.2, 0.25) is 10.0 Å². The molecule has 0 saturated carbocycles. The van der Waals surface area contributed by atoms with Gasteiger partial charge in [0.25, 0.3) is 15.9 Å². The summed E-state index contributed by atoms with van der Waals surface area (Å²) in [4.78, 5) is 28.5. The standard InChI is InChI=1S/C24H21Cl2N3O5S/c1-15-19(25)13-27-23(22(15)26)28-21(30)14-34-24(31)17-8-10-18(11-9-17)35(32,33)29-12-4-6-16-5-2-3-7-20(16)29/h2-3,5,7-11,13H,4,6,12,14H2,1H3,(H,27,28,30). The van der Waals surface area contributed by atoms with E-state index in [1.807, 2.05) is 12.1 Å². The summed E-state index contributed by atoms with van der Waals surface area (Å²) in [5, 5.41) is 3.00. The molecule has 11 heteroatoms. The Morgan fingerprint density at radius 3 is 2.57 bits per heavy atom. The van der Waals surface area contributed by atoms with Gasteiger partial charge < -0.3 is 10.1 Å². The van der Waals surface area contributed by atoms with E-state index in [0.717, 1.165) is 18.4 Å². The number of sulfonamides is 1. The van der Waals surface area contributed by atoms with E-state index in [9.17, 15) is 18.0 Å². The van der Waals surface area contributed by atoms with Crippen LogP contribution in [0, 0.1) is 6.92 Å². The van der Waals surface area contributed by atoms with Crippen LogP contribution in [0.5, 0.6) is 0 Å². The van der Waals surface area contributed by atoms with Crippen molar-refractivity contribution in [3.63, 3.8) is 0 Å². The summed E-state index contributed by atoms with van der Waals surface area (Å²) in [6.45, 7) is 1.48. The Kier molecular flexibility index (Phi) is 7.30. The van der Waals surface area contributed by atoms with E-state index in [0.29, 0.717) is 22.8 Å². The van der Waals surface area contributed by atoms with E-state index in [2.05, 4.69) is 10.3 Å². The van der Waals surface area contributed by atoms with Crippen molar-refractivity contribution in [3.05, 3.63) is 81.5 Å². The second-order valence-electron chi connectivity index (χ2n) is 7.85. The number of hydrogen-bond acceptors (Lipinski definition) is 6. The SMILES string of the molecule is Cc1c(Cl)cnc(NC(=O)COC(=O)c2ccc(S(=O)(=O)N3CCCc4ccccc43)cc2)c1Cl. The Labute approximate surface area is 212 Å². The summed E-state index contributed by atoms with van der Waals surface area (Å²) in [6.07, 6.45) is 2.89. The van der Waals surface area contributed by atoms with Crippen molar-refractivity contribution >= 4 is 56.6 Å². The molecule has 0 unspecified atom stereocenters. The third kappa shape index (κ3) is 5.27. The molecule has 0 aliphatic carbocycles. The molecular formula is C24H21Cl2N3O5S. The maximum atomic E-state index is 13.2. The van der Waals surface area contributed by atoms with Crippen molar-refractivity contribution in [1.82, 2.24) is 4.98 Å². The van der Waals surface area contributed by atoms with Gasteiger partial charge in [0.1, 0.15) is 0 Å². The first-order valence-electron chi connectivity index (χ1n) is 10.7. The number of rotatable bonds is 6. The minimum Gasteiger partial charge on any atom is -0.452 e. The molecule has 8 nitrogen and oxygen atoms in total. The van der Waals surface area contributed by atoms with E-state index in [4.69, 9.17) is 27.9 Å². The molecule has 35 heavy (non-hydrogen) atoms. The van der Waals surface area contributed by atoms with Crippen LogP contribution in [0.4, 0.5) is 11.5 Å². The van der Waals surface area contributed by atoms with E-state index < -0.39 is 28.5 Å². The second-order valence-corrected chi connectivity index (χ2v) is 10.5. The minimum absolute atomic E-state index is 0.0577. The van der Waals surface area contributed by atoms with Crippen LogP contribution in [0.3, 0.4) is 0 Å². The molecule has 0 atom stereocenters. The van der Waals surface area contributed by atoms with E-state index in [1.54, 1.807) is 19.1 Å². The number of pyridine rings is 1. The molecule has 0 saturated heterocycles. The van der Waals surface area contributed by atoms with Crippen molar-refractivity contribution in [2.45, 2.75) is 24.7 Å². The van der Waals surface area contributed by atoms with Gasteiger partial charge in [-0.3, -0.25) is 9.10 Å². The average molecular weight is 534 g/mol. The number of anilines is 2. The van der Waals surface area contributed by atoms with Gasteiger partial charge in [0, 0.05) is 12.7 Å². The van der Waals surface area contributed by atoms with Crippen LogP contribution in [0.25, 0.3) is 0 Å².